The molecule has 2 atom stereocenters. The van der Waals surface area contributed by atoms with Crippen LogP contribution >= 0.6 is 11.8 Å². The minimum Gasteiger partial charge on any atom is -0.309 e. The lowest BCUT2D eigenvalue weighted by molar-refractivity contribution is 0.340. The van der Waals surface area contributed by atoms with Crippen LogP contribution in [-0.4, -0.2) is 48.1 Å². The van der Waals surface area contributed by atoms with Crippen LogP contribution in [0.2, 0.25) is 0 Å². The predicted octanol–water partition coefficient (Wildman–Crippen LogP) is 1.18. The Labute approximate surface area is 85.4 Å². The monoisotopic (exact) mass is 200 g/mol. The van der Waals surface area contributed by atoms with E-state index in [9.17, 15) is 0 Å². The molecule has 2 unspecified atom stereocenters. The first kappa shape index (κ1) is 9.81. The van der Waals surface area contributed by atoms with Gasteiger partial charge in [0.25, 0.3) is 0 Å². The quantitative estimate of drug-likeness (QED) is 0.736. The molecule has 0 spiro atoms. The highest BCUT2D eigenvalue weighted by atomic mass is 32.2. The number of nitrogens with zero attached hydrogens (tertiary/aromatic N) is 1. The van der Waals surface area contributed by atoms with Crippen molar-refractivity contribution in [2.45, 2.75) is 31.8 Å². The zero-order valence-electron chi connectivity index (χ0n) is 8.46. The Morgan fingerprint density at radius 1 is 1.38 bits per heavy atom. The van der Waals surface area contributed by atoms with Crippen LogP contribution < -0.4 is 5.32 Å². The van der Waals surface area contributed by atoms with Crippen molar-refractivity contribution >= 4 is 11.8 Å². The highest BCUT2D eigenvalue weighted by Crippen LogP contribution is 2.19. The summed E-state index contributed by atoms with van der Waals surface area (Å²) in [6, 6.07) is 1.59. The van der Waals surface area contributed by atoms with Crippen molar-refractivity contribution < 1.29 is 0 Å². The van der Waals surface area contributed by atoms with E-state index in [1.54, 1.807) is 0 Å². The fourth-order valence-corrected chi connectivity index (χ4v) is 3.42. The van der Waals surface area contributed by atoms with Crippen LogP contribution in [0.4, 0.5) is 0 Å². The van der Waals surface area contributed by atoms with E-state index in [1.807, 2.05) is 0 Å². The number of nitrogens with one attached hydrogen (secondary N) is 1. The first-order chi connectivity index (χ1) is 6.38. The van der Waals surface area contributed by atoms with E-state index in [4.69, 9.17) is 0 Å². The Balaban J connectivity index is 1.70. The second kappa shape index (κ2) is 4.67. The molecule has 2 rings (SSSR count). The smallest absolute Gasteiger partial charge is 0.0210 e. The third-order valence-electron chi connectivity index (χ3n) is 3.12. The molecule has 2 aliphatic heterocycles. The van der Waals surface area contributed by atoms with Gasteiger partial charge in [-0.2, -0.15) is 11.8 Å². The maximum atomic E-state index is 3.78. The van der Waals surface area contributed by atoms with Gasteiger partial charge in [-0.05, 0) is 31.7 Å². The molecule has 0 amide bonds. The summed E-state index contributed by atoms with van der Waals surface area (Å²) in [5, 5.41) is 3.78. The highest BCUT2D eigenvalue weighted by molar-refractivity contribution is 7.99. The molecule has 3 heteroatoms. The highest BCUT2D eigenvalue weighted by Gasteiger charge is 2.24. The summed E-state index contributed by atoms with van der Waals surface area (Å²) < 4.78 is 0. The lowest BCUT2D eigenvalue weighted by atomic mass is 10.2. The molecule has 0 radical (unpaired) electrons. The molecule has 0 aromatic rings. The summed E-state index contributed by atoms with van der Waals surface area (Å²) in [4.78, 5) is 2.54. The molecule has 0 aromatic carbocycles. The van der Waals surface area contributed by atoms with E-state index in [0.29, 0.717) is 0 Å². The number of likely N-dealkylation sites (N-methyl/N-ethyl adjacent to an activating group) is 1. The molecular weight excluding hydrogens is 180 g/mol. The lowest BCUT2D eigenvalue weighted by Gasteiger charge is -2.18. The Morgan fingerprint density at radius 2 is 2.31 bits per heavy atom. The molecule has 0 bridgehead atoms. The van der Waals surface area contributed by atoms with Gasteiger partial charge in [0.1, 0.15) is 0 Å². The zero-order chi connectivity index (χ0) is 9.10. The summed E-state index contributed by atoms with van der Waals surface area (Å²) >= 11 is 2.10. The van der Waals surface area contributed by atoms with Crippen molar-refractivity contribution in [2.24, 2.45) is 0 Å². The molecule has 2 nitrogen and oxygen atoms in total. The van der Waals surface area contributed by atoms with Gasteiger partial charge in [-0.15, -0.1) is 0 Å². The summed E-state index contributed by atoms with van der Waals surface area (Å²) in [5.41, 5.74) is 0. The van der Waals surface area contributed by atoms with E-state index in [-0.39, 0.29) is 0 Å². The third kappa shape index (κ3) is 2.61. The topological polar surface area (TPSA) is 15.3 Å². The molecule has 0 aliphatic carbocycles. The van der Waals surface area contributed by atoms with Crippen LogP contribution in [-0.2, 0) is 0 Å². The van der Waals surface area contributed by atoms with Gasteiger partial charge in [-0.3, -0.25) is 0 Å². The second-order valence-corrected chi connectivity index (χ2v) is 5.26. The summed E-state index contributed by atoms with van der Waals surface area (Å²) in [7, 11) is 0. The number of hydrogen-bond acceptors (Lipinski definition) is 3. The fourth-order valence-electron chi connectivity index (χ4n) is 2.26. The Bertz CT molecular complexity index is 157. The molecular formula is C10H20N2S. The van der Waals surface area contributed by atoms with E-state index in [1.165, 1.54) is 44.0 Å². The number of hydrogen-bond donors (Lipinski definition) is 1. The molecule has 2 aliphatic rings. The van der Waals surface area contributed by atoms with Gasteiger partial charge in [-0.1, -0.05) is 6.92 Å². The van der Waals surface area contributed by atoms with Crippen LogP contribution in [0.25, 0.3) is 0 Å². The molecule has 2 fully saturated rings. The van der Waals surface area contributed by atoms with Gasteiger partial charge in [0.2, 0.25) is 0 Å². The SMILES string of the molecule is CCN1CCC(NC2CCSC2)C1. The van der Waals surface area contributed by atoms with Crippen LogP contribution in [0, 0.1) is 0 Å². The molecule has 2 saturated heterocycles. The van der Waals surface area contributed by atoms with Gasteiger partial charge in [0.05, 0.1) is 0 Å². The molecule has 76 valence electrons. The van der Waals surface area contributed by atoms with E-state index in [0.717, 1.165) is 12.1 Å². The van der Waals surface area contributed by atoms with Crippen LogP contribution in [0.5, 0.6) is 0 Å². The molecule has 1 N–H and O–H groups in total. The van der Waals surface area contributed by atoms with Crippen LogP contribution in [0.3, 0.4) is 0 Å². The summed E-state index contributed by atoms with van der Waals surface area (Å²) in [6.45, 7) is 6.05. The van der Waals surface area contributed by atoms with Crippen LogP contribution in [0.15, 0.2) is 0 Å². The Morgan fingerprint density at radius 3 is 2.92 bits per heavy atom. The number of rotatable bonds is 3. The van der Waals surface area contributed by atoms with E-state index in [2.05, 4.69) is 28.9 Å². The maximum Gasteiger partial charge on any atom is 0.0210 e. The zero-order valence-corrected chi connectivity index (χ0v) is 9.28. The minimum atomic E-state index is 0.781. The standard InChI is InChI=1S/C10H20N2S/c1-2-12-5-3-9(7-12)11-10-4-6-13-8-10/h9-11H,2-8H2,1H3. The largest absolute Gasteiger partial charge is 0.309 e. The molecule has 2 heterocycles. The average molecular weight is 200 g/mol. The van der Waals surface area contributed by atoms with Crippen LogP contribution in [0.1, 0.15) is 19.8 Å². The van der Waals surface area contributed by atoms with Crippen molar-refractivity contribution in [1.82, 2.24) is 10.2 Å². The maximum absolute atomic E-state index is 3.78. The first-order valence-electron chi connectivity index (χ1n) is 5.44. The molecule has 0 saturated carbocycles. The van der Waals surface area contributed by atoms with Crippen molar-refractivity contribution in [2.75, 3.05) is 31.1 Å². The predicted molar refractivity (Wildman–Crippen MR) is 59.4 cm³/mol. The van der Waals surface area contributed by atoms with Crippen molar-refractivity contribution in [3.8, 4) is 0 Å². The van der Waals surface area contributed by atoms with Gasteiger partial charge >= 0.3 is 0 Å². The molecule has 0 aromatic heterocycles. The fraction of sp³-hybridized carbons (Fsp3) is 1.00. The van der Waals surface area contributed by atoms with E-state index >= 15 is 0 Å². The second-order valence-electron chi connectivity index (χ2n) is 4.11. The van der Waals surface area contributed by atoms with Gasteiger partial charge in [0, 0.05) is 24.4 Å². The lowest BCUT2D eigenvalue weighted by Crippen LogP contribution is -2.40. The summed E-state index contributed by atoms with van der Waals surface area (Å²) in [6.07, 6.45) is 2.74. The normalized spacial score (nSPS) is 35.8. The van der Waals surface area contributed by atoms with Gasteiger partial charge in [-0.25, -0.2) is 0 Å². The van der Waals surface area contributed by atoms with Crippen molar-refractivity contribution in [1.29, 1.82) is 0 Å². The third-order valence-corrected chi connectivity index (χ3v) is 4.28. The van der Waals surface area contributed by atoms with Gasteiger partial charge < -0.3 is 10.2 Å². The van der Waals surface area contributed by atoms with Crippen molar-refractivity contribution in [3.05, 3.63) is 0 Å². The van der Waals surface area contributed by atoms with Gasteiger partial charge in [0.15, 0.2) is 0 Å². The Hall–Kier alpha value is 0.270. The number of thioether (sulfide) groups is 1. The number of likely N-dealkylation sites (tertiary alicyclic amines) is 1. The minimum absolute atomic E-state index is 0.781. The first-order valence-corrected chi connectivity index (χ1v) is 6.60. The van der Waals surface area contributed by atoms with Crippen molar-refractivity contribution in [3.63, 3.8) is 0 Å². The van der Waals surface area contributed by atoms with E-state index < -0.39 is 0 Å². The average Bonchev–Trinajstić information content (AvgIpc) is 2.76. The Kier molecular flexibility index (Phi) is 3.52. The molecule has 13 heavy (non-hydrogen) atoms. The summed E-state index contributed by atoms with van der Waals surface area (Å²) in [5.74, 6) is 2.70.